The third kappa shape index (κ3) is 4.60. The maximum atomic E-state index is 12.9. The van der Waals surface area contributed by atoms with Gasteiger partial charge in [-0.15, -0.1) is 11.3 Å². The largest absolute Gasteiger partial charge is 0.478 e. The Kier molecular flexibility index (Phi) is 6.01. The molecule has 5 heteroatoms. The van der Waals surface area contributed by atoms with E-state index in [4.69, 9.17) is 5.11 Å². The lowest BCUT2D eigenvalue weighted by Crippen LogP contribution is -2.16. The Hall–Kier alpha value is -3.62. The summed E-state index contributed by atoms with van der Waals surface area (Å²) in [6.07, 6.45) is 3.92. The number of fused-ring (bicyclic) bond motifs is 1. The number of aromatic nitrogens is 1. The van der Waals surface area contributed by atoms with E-state index in [0.29, 0.717) is 18.4 Å². The number of hydrogen-bond donors (Lipinski definition) is 1. The molecular weight excluding hydrogens is 406 g/mol. The summed E-state index contributed by atoms with van der Waals surface area (Å²) in [5.74, 6) is 5.48. The van der Waals surface area contributed by atoms with E-state index in [1.54, 1.807) is 34.9 Å². The topological polar surface area (TPSA) is 58.8 Å². The minimum atomic E-state index is -0.960. The number of carbonyl (C=O) groups is 1. The van der Waals surface area contributed by atoms with Gasteiger partial charge in [0.1, 0.15) is 4.83 Å². The molecule has 2 aromatic heterocycles. The molecule has 154 valence electrons. The van der Waals surface area contributed by atoms with Crippen LogP contribution in [0.1, 0.15) is 44.4 Å². The number of benzene rings is 2. The normalized spacial score (nSPS) is 10.6. The van der Waals surface area contributed by atoms with Crippen LogP contribution >= 0.6 is 11.3 Å². The number of nitrogens with zero attached hydrogens (tertiary/aromatic N) is 1. The van der Waals surface area contributed by atoms with E-state index < -0.39 is 5.97 Å². The predicted octanol–water partition coefficient (Wildman–Crippen LogP) is 4.81. The van der Waals surface area contributed by atoms with Crippen LogP contribution in [0.25, 0.3) is 4.83 Å². The smallest absolute Gasteiger partial charge is 0.335 e. The summed E-state index contributed by atoms with van der Waals surface area (Å²) in [7, 11) is 0. The molecule has 0 atom stereocenters. The molecule has 31 heavy (non-hydrogen) atoms. The molecule has 0 radical (unpaired) electrons. The fourth-order valence-electron chi connectivity index (χ4n) is 3.52. The van der Waals surface area contributed by atoms with Crippen LogP contribution in [0.15, 0.2) is 71.7 Å². The Labute approximate surface area is 184 Å². The fourth-order valence-corrected chi connectivity index (χ4v) is 4.40. The highest BCUT2D eigenvalue weighted by Crippen LogP contribution is 2.17. The molecule has 0 fully saturated rings. The standard InChI is InChI=1S/C26H21NO3S/c1-2-19-6-3-4-7-20(19)8-5-9-23-17-27-24(31-23)15-14-22(25(27)28)16-18-10-12-21(13-11-18)26(29)30/h3-4,6-7,10-15,17H,2,8,16H2,1H3,(H,29,30). The number of pyridine rings is 1. The van der Waals surface area contributed by atoms with E-state index in [-0.39, 0.29) is 11.1 Å². The van der Waals surface area contributed by atoms with Crippen molar-refractivity contribution in [1.29, 1.82) is 0 Å². The maximum absolute atomic E-state index is 12.9. The number of aromatic carboxylic acids is 1. The van der Waals surface area contributed by atoms with Crippen molar-refractivity contribution < 1.29 is 9.90 Å². The molecule has 0 amide bonds. The summed E-state index contributed by atoms with van der Waals surface area (Å²) in [6.45, 7) is 2.14. The minimum Gasteiger partial charge on any atom is -0.478 e. The highest BCUT2D eigenvalue weighted by Gasteiger charge is 2.09. The highest BCUT2D eigenvalue weighted by atomic mass is 32.1. The van der Waals surface area contributed by atoms with E-state index in [1.165, 1.54) is 22.5 Å². The van der Waals surface area contributed by atoms with Crippen LogP contribution < -0.4 is 5.56 Å². The van der Waals surface area contributed by atoms with Crippen molar-refractivity contribution in [3.8, 4) is 11.8 Å². The van der Waals surface area contributed by atoms with Crippen LogP contribution in [0.4, 0.5) is 0 Å². The molecule has 4 nitrogen and oxygen atoms in total. The molecule has 0 bridgehead atoms. The van der Waals surface area contributed by atoms with Crippen molar-refractivity contribution in [2.24, 2.45) is 0 Å². The quantitative estimate of drug-likeness (QED) is 0.465. The van der Waals surface area contributed by atoms with Crippen molar-refractivity contribution in [2.75, 3.05) is 0 Å². The molecule has 0 aliphatic carbocycles. The maximum Gasteiger partial charge on any atom is 0.335 e. The molecule has 2 aromatic carbocycles. The molecule has 0 aliphatic rings. The van der Waals surface area contributed by atoms with Crippen molar-refractivity contribution in [3.05, 3.63) is 110 Å². The molecule has 0 saturated carbocycles. The molecular formula is C26H21NO3S. The third-order valence-electron chi connectivity index (χ3n) is 5.20. The van der Waals surface area contributed by atoms with E-state index in [9.17, 15) is 9.59 Å². The Balaban J connectivity index is 1.56. The van der Waals surface area contributed by atoms with E-state index in [0.717, 1.165) is 21.7 Å². The van der Waals surface area contributed by atoms with Gasteiger partial charge in [0, 0.05) is 24.6 Å². The zero-order valence-electron chi connectivity index (χ0n) is 17.1. The Morgan fingerprint density at radius 3 is 2.45 bits per heavy atom. The second-order valence-corrected chi connectivity index (χ2v) is 8.31. The van der Waals surface area contributed by atoms with Crippen molar-refractivity contribution in [3.63, 3.8) is 0 Å². The van der Waals surface area contributed by atoms with Crippen LogP contribution in [0.3, 0.4) is 0 Å². The Morgan fingerprint density at radius 2 is 1.74 bits per heavy atom. The lowest BCUT2D eigenvalue weighted by atomic mass is 10.0. The van der Waals surface area contributed by atoms with Gasteiger partial charge in [0.25, 0.3) is 5.56 Å². The van der Waals surface area contributed by atoms with Crippen LogP contribution in [0, 0.1) is 11.8 Å². The first-order chi connectivity index (χ1) is 15.0. The van der Waals surface area contributed by atoms with Gasteiger partial charge in [0.05, 0.1) is 10.4 Å². The second-order valence-electron chi connectivity index (χ2n) is 7.25. The van der Waals surface area contributed by atoms with Gasteiger partial charge in [-0.05, 0) is 41.3 Å². The number of rotatable bonds is 5. The monoisotopic (exact) mass is 427 g/mol. The summed E-state index contributed by atoms with van der Waals surface area (Å²) in [5.41, 5.74) is 4.28. The second kappa shape index (κ2) is 9.03. The van der Waals surface area contributed by atoms with Gasteiger partial charge in [-0.3, -0.25) is 9.20 Å². The molecule has 1 N–H and O–H groups in total. The van der Waals surface area contributed by atoms with Crippen LogP contribution in [0.2, 0.25) is 0 Å². The Bertz CT molecular complexity index is 1370. The molecule has 0 aliphatic heterocycles. The summed E-state index contributed by atoms with van der Waals surface area (Å²) < 4.78 is 1.65. The summed E-state index contributed by atoms with van der Waals surface area (Å²) in [4.78, 5) is 25.6. The van der Waals surface area contributed by atoms with Gasteiger partial charge >= 0.3 is 5.97 Å². The first-order valence-electron chi connectivity index (χ1n) is 10.1. The fraction of sp³-hybridized carbons (Fsp3) is 0.154. The lowest BCUT2D eigenvalue weighted by molar-refractivity contribution is 0.0697. The van der Waals surface area contributed by atoms with E-state index in [2.05, 4.69) is 30.9 Å². The predicted molar refractivity (Wildman–Crippen MR) is 124 cm³/mol. The molecule has 0 spiro atoms. The zero-order chi connectivity index (χ0) is 21.8. The molecule has 4 rings (SSSR count). The van der Waals surface area contributed by atoms with E-state index >= 15 is 0 Å². The van der Waals surface area contributed by atoms with E-state index in [1.807, 2.05) is 24.3 Å². The van der Waals surface area contributed by atoms with Gasteiger partial charge in [-0.25, -0.2) is 4.79 Å². The average molecular weight is 428 g/mol. The molecule has 4 aromatic rings. The van der Waals surface area contributed by atoms with Gasteiger partial charge in [-0.1, -0.05) is 61.2 Å². The number of carboxylic acids is 1. The first kappa shape index (κ1) is 20.6. The first-order valence-corrected chi connectivity index (χ1v) is 10.9. The molecule has 2 heterocycles. The minimum absolute atomic E-state index is 0.0690. The van der Waals surface area contributed by atoms with Gasteiger partial charge in [-0.2, -0.15) is 0 Å². The number of aryl methyl sites for hydroxylation is 1. The van der Waals surface area contributed by atoms with Crippen LogP contribution in [-0.4, -0.2) is 15.5 Å². The highest BCUT2D eigenvalue weighted by molar-refractivity contribution is 7.17. The lowest BCUT2D eigenvalue weighted by Gasteiger charge is -2.03. The average Bonchev–Trinajstić information content (AvgIpc) is 3.20. The van der Waals surface area contributed by atoms with Gasteiger partial charge in [0.15, 0.2) is 0 Å². The summed E-state index contributed by atoms with van der Waals surface area (Å²) >= 11 is 1.50. The summed E-state index contributed by atoms with van der Waals surface area (Å²) in [5, 5.41) is 9.02. The van der Waals surface area contributed by atoms with Crippen LogP contribution in [0.5, 0.6) is 0 Å². The van der Waals surface area contributed by atoms with Gasteiger partial charge < -0.3 is 5.11 Å². The Morgan fingerprint density at radius 1 is 1.00 bits per heavy atom. The summed E-state index contributed by atoms with van der Waals surface area (Å²) in [6, 6.07) is 18.7. The van der Waals surface area contributed by atoms with Crippen molar-refractivity contribution >= 4 is 22.1 Å². The number of thiazole rings is 1. The van der Waals surface area contributed by atoms with Gasteiger partial charge in [0.2, 0.25) is 0 Å². The molecule has 0 unspecified atom stereocenters. The number of hydrogen-bond acceptors (Lipinski definition) is 3. The third-order valence-corrected chi connectivity index (χ3v) is 6.17. The molecule has 0 saturated heterocycles. The SMILES string of the molecule is CCc1ccccc1CC#Cc1cn2c(=O)c(Cc3ccc(C(=O)O)cc3)ccc2s1. The zero-order valence-corrected chi connectivity index (χ0v) is 17.9. The van der Waals surface area contributed by atoms with Crippen molar-refractivity contribution in [1.82, 2.24) is 4.40 Å². The van der Waals surface area contributed by atoms with Crippen molar-refractivity contribution in [2.45, 2.75) is 26.2 Å². The number of carboxylic acid groups (broad SMARTS) is 1. The van der Waals surface area contributed by atoms with Crippen LogP contribution in [-0.2, 0) is 19.3 Å².